The number of thiazole rings is 1. The first kappa shape index (κ1) is 30.6. The van der Waals surface area contributed by atoms with Crippen LogP contribution in [0.25, 0.3) is 22.6 Å². The quantitative estimate of drug-likeness (QED) is 0.186. The van der Waals surface area contributed by atoms with Crippen LogP contribution in [0.2, 0.25) is 0 Å². The van der Waals surface area contributed by atoms with Crippen molar-refractivity contribution in [1.29, 1.82) is 0 Å². The molecule has 4 heterocycles. The van der Waals surface area contributed by atoms with Crippen molar-refractivity contribution >= 4 is 38.7 Å². The summed E-state index contributed by atoms with van der Waals surface area (Å²) in [4.78, 5) is 18.3. The van der Waals surface area contributed by atoms with Gasteiger partial charge in [0.15, 0.2) is 5.82 Å². The first-order chi connectivity index (χ1) is 20.8. The average molecular weight is 639 g/mol. The summed E-state index contributed by atoms with van der Waals surface area (Å²) >= 11 is 1.40. The maximum absolute atomic E-state index is 12.6. The summed E-state index contributed by atoms with van der Waals surface area (Å²) in [5.74, 6) is 1.64. The van der Waals surface area contributed by atoms with Crippen molar-refractivity contribution in [2.24, 2.45) is 5.92 Å². The van der Waals surface area contributed by atoms with Crippen LogP contribution in [0.3, 0.4) is 0 Å². The second-order valence-electron chi connectivity index (χ2n) is 12.8. The van der Waals surface area contributed by atoms with E-state index in [0.29, 0.717) is 40.9 Å². The zero-order chi connectivity index (χ0) is 31.3. The summed E-state index contributed by atoms with van der Waals surface area (Å²) in [5.41, 5.74) is 1.14. The van der Waals surface area contributed by atoms with Gasteiger partial charge in [-0.05, 0) is 78.2 Å². The predicted octanol–water partition coefficient (Wildman–Crippen LogP) is 4.91. The van der Waals surface area contributed by atoms with E-state index >= 15 is 0 Å². The van der Waals surface area contributed by atoms with E-state index in [1.807, 2.05) is 25.3 Å². The fraction of sp³-hybridized carbons (Fsp3) is 0.500. The molecule has 0 unspecified atom stereocenters. The highest BCUT2D eigenvalue weighted by atomic mass is 32.2. The van der Waals surface area contributed by atoms with E-state index in [2.05, 4.69) is 30.7 Å². The number of pyridine rings is 1. The van der Waals surface area contributed by atoms with Gasteiger partial charge in [-0.2, -0.15) is 9.19 Å². The molecule has 0 spiro atoms. The van der Waals surface area contributed by atoms with Crippen LogP contribution in [0.4, 0.5) is 17.3 Å². The Balaban J connectivity index is 1.25. The van der Waals surface area contributed by atoms with Gasteiger partial charge in [0.1, 0.15) is 22.2 Å². The molecule has 44 heavy (non-hydrogen) atoms. The molecule has 2 aliphatic rings. The topological polar surface area (TPSA) is 168 Å². The Bertz CT molecular complexity index is 1740. The smallest absolute Gasteiger partial charge is 0.256 e. The molecule has 0 bridgehead atoms. The largest absolute Gasteiger partial charge is 0.390 e. The molecular weight excluding hydrogens is 601 g/mol. The van der Waals surface area contributed by atoms with Crippen LogP contribution in [0.15, 0.2) is 42.3 Å². The normalized spacial score (nSPS) is 19.6. The molecular formula is C30H38N8O4S2. The fourth-order valence-corrected chi connectivity index (χ4v) is 7.79. The molecule has 2 fully saturated rings. The van der Waals surface area contributed by atoms with Crippen LogP contribution in [0.1, 0.15) is 71.2 Å². The van der Waals surface area contributed by atoms with Gasteiger partial charge in [-0.1, -0.05) is 0 Å². The number of hydrogen-bond acceptors (Lipinski definition) is 12. The molecule has 0 amide bonds. The Hall–Kier alpha value is -3.46. The minimum absolute atomic E-state index is 0.212. The first-order valence-electron chi connectivity index (χ1n) is 14.8. The molecule has 0 atom stereocenters. The number of anilines is 3. The summed E-state index contributed by atoms with van der Waals surface area (Å²) in [6.45, 7) is 7.20. The van der Waals surface area contributed by atoms with Crippen molar-refractivity contribution in [3.8, 4) is 22.6 Å². The Morgan fingerprint density at radius 2 is 1.73 bits per heavy atom. The molecule has 4 aromatic heterocycles. The van der Waals surface area contributed by atoms with Crippen molar-refractivity contribution in [1.82, 2.24) is 29.1 Å². The number of hydrogen-bond donors (Lipinski definition) is 4. The molecule has 234 valence electrons. The molecule has 6 rings (SSSR count). The Labute approximate surface area is 261 Å². The standard InChI is InChI=1S/C30H38N8O4S2/c1-29(2,39)19-5-7-20(8-6-19)34-23-13-26(32-15-22(23)24-17-43-28(35-24)30(3,4)40)36-25-11-12-31-27(37-25)18-14-33-38(16-18)44(41,42)21-9-10-21/h11-17,19-21,39-40H,5-10H2,1-4H3,(H2,31,32,34,36,37). The summed E-state index contributed by atoms with van der Waals surface area (Å²) in [7, 11) is -3.49. The molecule has 0 aliphatic heterocycles. The average Bonchev–Trinajstić information content (AvgIpc) is 3.49. The molecule has 0 aromatic carbocycles. The van der Waals surface area contributed by atoms with Gasteiger partial charge in [0.2, 0.25) is 0 Å². The zero-order valence-corrected chi connectivity index (χ0v) is 26.9. The van der Waals surface area contributed by atoms with Crippen LogP contribution in [-0.4, -0.2) is 64.6 Å². The third-order valence-electron chi connectivity index (χ3n) is 8.23. The van der Waals surface area contributed by atoms with E-state index in [-0.39, 0.29) is 17.2 Å². The fourth-order valence-electron chi connectivity index (χ4n) is 5.47. The second kappa shape index (κ2) is 11.5. The van der Waals surface area contributed by atoms with Gasteiger partial charge in [0.05, 0.1) is 34.5 Å². The summed E-state index contributed by atoms with van der Waals surface area (Å²) < 4.78 is 26.1. The molecule has 2 saturated carbocycles. The van der Waals surface area contributed by atoms with Crippen molar-refractivity contribution in [3.63, 3.8) is 0 Å². The van der Waals surface area contributed by atoms with Crippen LogP contribution in [0.5, 0.6) is 0 Å². The van der Waals surface area contributed by atoms with Crippen LogP contribution in [0, 0.1) is 5.92 Å². The molecule has 12 nitrogen and oxygen atoms in total. The predicted molar refractivity (Wildman–Crippen MR) is 170 cm³/mol. The second-order valence-corrected chi connectivity index (χ2v) is 15.7. The van der Waals surface area contributed by atoms with Gasteiger partial charge in [-0.15, -0.1) is 11.3 Å². The Kier molecular flexibility index (Phi) is 7.97. The molecule has 0 radical (unpaired) electrons. The maximum atomic E-state index is 12.6. The number of nitrogens with one attached hydrogen (secondary N) is 2. The Morgan fingerprint density at radius 1 is 0.977 bits per heavy atom. The number of rotatable bonds is 10. The van der Waals surface area contributed by atoms with E-state index in [9.17, 15) is 18.6 Å². The molecule has 2 aliphatic carbocycles. The van der Waals surface area contributed by atoms with Gasteiger partial charge < -0.3 is 20.8 Å². The molecule has 4 N–H and O–H groups in total. The van der Waals surface area contributed by atoms with E-state index in [4.69, 9.17) is 4.98 Å². The Morgan fingerprint density at radius 3 is 2.39 bits per heavy atom. The lowest BCUT2D eigenvalue weighted by molar-refractivity contribution is -0.000395. The highest BCUT2D eigenvalue weighted by Crippen LogP contribution is 2.38. The lowest BCUT2D eigenvalue weighted by atomic mass is 9.77. The minimum atomic E-state index is -3.49. The monoisotopic (exact) mass is 638 g/mol. The van der Waals surface area contributed by atoms with Crippen LogP contribution >= 0.6 is 11.3 Å². The van der Waals surface area contributed by atoms with E-state index < -0.39 is 21.2 Å². The van der Waals surface area contributed by atoms with Gasteiger partial charge >= 0.3 is 0 Å². The maximum Gasteiger partial charge on any atom is 0.256 e. The number of aliphatic hydroxyl groups is 2. The molecule has 14 heteroatoms. The third kappa shape index (κ3) is 6.63. The van der Waals surface area contributed by atoms with E-state index in [1.54, 1.807) is 32.3 Å². The van der Waals surface area contributed by atoms with Crippen molar-refractivity contribution in [3.05, 3.63) is 47.3 Å². The SMILES string of the molecule is CC(C)(O)c1nc(-c2cnc(Nc3ccnc(-c4cnn(S(=O)(=O)C5CC5)c4)n3)cc2NC2CCC(C(C)(C)O)CC2)cs1. The summed E-state index contributed by atoms with van der Waals surface area (Å²) in [6.07, 6.45) is 11.3. The van der Waals surface area contributed by atoms with Gasteiger partial charge in [0.25, 0.3) is 10.0 Å². The van der Waals surface area contributed by atoms with Crippen molar-refractivity contribution in [2.75, 3.05) is 10.6 Å². The van der Waals surface area contributed by atoms with E-state index in [0.717, 1.165) is 46.7 Å². The van der Waals surface area contributed by atoms with Crippen molar-refractivity contribution < 1.29 is 18.6 Å². The van der Waals surface area contributed by atoms with Gasteiger partial charge in [-0.25, -0.2) is 28.4 Å². The van der Waals surface area contributed by atoms with Gasteiger partial charge in [-0.3, -0.25) is 0 Å². The lowest BCUT2D eigenvalue weighted by Gasteiger charge is -2.36. The summed E-state index contributed by atoms with van der Waals surface area (Å²) in [6, 6.07) is 3.85. The molecule has 4 aromatic rings. The highest BCUT2D eigenvalue weighted by molar-refractivity contribution is 7.90. The first-order valence-corrected chi connectivity index (χ1v) is 17.2. The summed E-state index contributed by atoms with van der Waals surface area (Å²) in [5, 5.41) is 34.2. The zero-order valence-electron chi connectivity index (χ0n) is 25.2. The highest BCUT2D eigenvalue weighted by Gasteiger charge is 2.38. The van der Waals surface area contributed by atoms with Crippen LogP contribution in [-0.2, 0) is 15.6 Å². The van der Waals surface area contributed by atoms with E-state index in [1.165, 1.54) is 23.7 Å². The molecule has 0 saturated heterocycles. The van der Waals surface area contributed by atoms with Crippen LogP contribution < -0.4 is 10.6 Å². The van der Waals surface area contributed by atoms with Gasteiger partial charge in [0, 0.05) is 41.1 Å². The number of nitrogens with zero attached hydrogens (tertiary/aromatic N) is 6. The minimum Gasteiger partial charge on any atom is -0.390 e. The van der Waals surface area contributed by atoms with Crippen molar-refractivity contribution in [2.45, 2.75) is 88.7 Å². The third-order valence-corrected chi connectivity index (χ3v) is 11.4. The number of aromatic nitrogens is 6. The lowest BCUT2D eigenvalue weighted by Crippen LogP contribution is -2.37.